The molecule has 2 rings (SSSR count). The number of hydrogen-bond acceptors (Lipinski definition) is 2. The Morgan fingerprint density at radius 3 is 2.61 bits per heavy atom. The van der Waals surface area contributed by atoms with E-state index in [-0.39, 0.29) is 5.75 Å². The number of nitrogens with one attached hydrogen (secondary N) is 1. The molecule has 3 heteroatoms. The maximum atomic E-state index is 12.2. The highest BCUT2D eigenvalue weighted by Gasteiger charge is 2.08. The molecule has 1 unspecified atom stereocenters. The van der Waals surface area contributed by atoms with Crippen LogP contribution in [0.3, 0.4) is 0 Å². The molecule has 0 aliphatic heterocycles. The van der Waals surface area contributed by atoms with Crippen molar-refractivity contribution in [2.24, 2.45) is 5.92 Å². The molecule has 2 aromatic carbocycles. The smallest absolute Gasteiger partial charge is 0.0341 e. The minimum absolute atomic E-state index is 0.0801. The normalized spacial score (nSPS) is 12.9. The molecule has 18 heavy (non-hydrogen) atoms. The van der Waals surface area contributed by atoms with Crippen molar-refractivity contribution in [3.63, 3.8) is 0 Å². The van der Waals surface area contributed by atoms with Crippen LogP contribution in [0, 0.1) is 5.92 Å². The van der Waals surface area contributed by atoms with Crippen molar-refractivity contribution in [2.75, 3.05) is 11.9 Å². The second-order valence-electron chi connectivity index (χ2n) is 4.80. The summed E-state index contributed by atoms with van der Waals surface area (Å²) in [5, 5.41) is 17.2. The zero-order chi connectivity index (χ0) is 13.1. The molecule has 0 heterocycles. The molecule has 0 fully saturated rings. The summed E-state index contributed by atoms with van der Waals surface area (Å²) in [6.45, 7) is 5.06. The molecule has 0 bridgehead atoms. The predicted octanol–water partition coefficient (Wildman–Crippen LogP) is 3.74. The second-order valence-corrected chi connectivity index (χ2v) is 5.98. The zero-order valence-corrected chi connectivity index (χ0v) is 12.2. The van der Waals surface area contributed by atoms with Crippen molar-refractivity contribution in [1.29, 1.82) is 0 Å². The lowest BCUT2D eigenvalue weighted by molar-refractivity contribution is -0.264. The largest absolute Gasteiger partial charge is 0.871 e. The second kappa shape index (κ2) is 5.61. The van der Waals surface area contributed by atoms with Crippen LogP contribution in [-0.2, 0) is 0 Å². The number of halogens is 1. The first kappa shape index (κ1) is 13.2. The van der Waals surface area contributed by atoms with E-state index in [2.05, 4.69) is 35.1 Å². The highest BCUT2D eigenvalue weighted by Crippen LogP contribution is 2.30. The highest BCUT2D eigenvalue weighted by molar-refractivity contribution is 9.09. The summed E-state index contributed by atoms with van der Waals surface area (Å²) in [5.74, 6) is 0.615. The van der Waals surface area contributed by atoms with Gasteiger partial charge in [-0.25, -0.2) is 0 Å². The highest BCUT2D eigenvalue weighted by atomic mass is 79.9. The van der Waals surface area contributed by atoms with Gasteiger partial charge in [-0.1, -0.05) is 65.9 Å². The predicted molar refractivity (Wildman–Crippen MR) is 79.4 cm³/mol. The van der Waals surface area contributed by atoms with Gasteiger partial charge in [0.15, 0.2) is 0 Å². The number of fused-ring (bicyclic) bond motifs is 1. The van der Waals surface area contributed by atoms with Crippen LogP contribution in [-0.4, -0.2) is 11.4 Å². The first-order chi connectivity index (χ1) is 8.59. The number of anilines is 1. The quantitative estimate of drug-likeness (QED) is 0.873. The van der Waals surface area contributed by atoms with Gasteiger partial charge in [0.2, 0.25) is 0 Å². The zero-order valence-electron chi connectivity index (χ0n) is 10.6. The first-order valence-electron chi connectivity index (χ1n) is 6.16. The molecule has 1 N–H and O–H groups in total. The molecule has 0 spiro atoms. The third-order valence-corrected chi connectivity index (χ3v) is 4.47. The van der Waals surface area contributed by atoms with E-state index >= 15 is 0 Å². The number of hydrogen-bond donors (Lipinski definition) is 1. The van der Waals surface area contributed by atoms with Crippen LogP contribution in [0.2, 0.25) is 0 Å². The van der Waals surface area contributed by atoms with Crippen LogP contribution < -0.4 is 10.4 Å². The average molecular weight is 307 g/mol. The van der Waals surface area contributed by atoms with E-state index < -0.39 is 0 Å². The monoisotopic (exact) mass is 306 g/mol. The molecule has 0 amide bonds. The van der Waals surface area contributed by atoms with Crippen molar-refractivity contribution in [3.05, 3.63) is 36.4 Å². The molecule has 0 aliphatic carbocycles. The molecule has 2 nitrogen and oxygen atoms in total. The van der Waals surface area contributed by atoms with Crippen LogP contribution in [0.1, 0.15) is 13.8 Å². The summed E-state index contributed by atoms with van der Waals surface area (Å²) in [6.07, 6.45) is 0. The van der Waals surface area contributed by atoms with Crippen molar-refractivity contribution in [1.82, 2.24) is 0 Å². The Morgan fingerprint density at radius 1 is 1.17 bits per heavy atom. The number of benzene rings is 2. The molecule has 2 aromatic rings. The molecule has 96 valence electrons. The van der Waals surface area contributed by atoms with Crippen molar-refractivity contribution in [3.8, 4) is 5.75 Å². The van der Waals surface area contributed by atoms with Crippen LogP contribution >= 0.6 is 15.9 Å². The van der Waals surface area contributed by atoms with Gasteiger partial charge in [-0.05, 0) is 22.8 Å². The summed E-state index contributed by atoms with van der Waals surface area (Å²) in [7, 11) is 0. The molecule has 1 atom stereocenters. The van der Waals surface area contributed by atoms with Gasteiger partial charge in [0, 0.05) is 17.1 Å². The maximum absolute atomic E-state index is 12.2. The lowest BCUT2D eigenvalue weighted by atomic mass is 10.1. The summed E-state index contributed by atoms with van der Waals surface area (Å²) in [4.78, 5) is 0.364. The van der Waals surface area contributed by atoms with E-state index in [4.69, 9.17) is 0 Å². The molecule has 0 radical (unpaired) electrons. The average Bonchev–Trinajstić information content (AvgIpc) is 2.38. The van der Waals surface area contributed by atoms with Crippen LogP contribution in [0.5, 0.6) is 5.75 Å². The van der Waals surface area contributed by atoms with E-state index in [9.17, 15) is 5.11 Å². The van der Waals surface area contributed by atoms with Gasteiger partial charge >= 0.3 is 0 Å². The Hall–Kier alpha value is -1.22. The number of alkyl halides is 1. The lowest BCUT2D eigenvalue weighted by Crippen LogP contribution is -2.19. The number of rotatable bonds is 4. The van der Waals surface area contributed by atoms with Crippen molar-refractivity contribution >= 4 is 32.4 Å². The Morgan fingerprint density at radius 2 is 1.89 bits per heavy atom. The summed E-state index contributed by atoms with van der Waals surface area (Å²) >= 11 is 3.61. The van der Waals surface area contributed by atoms with E-state index in [0.29, 0.717) is 16.4 Å². The fourth-order valence-electron chi connectivity index (χ4n) is 1.83. The van der Waals surface area contributed by atoms with Crippen LogP contribution in [0.4, 0.5) is 5.69 Å². The molecule has 0 saturated carbocycles. The van der Waals surface area contributed by atoms with Gasteiger partial charge in [0.05, 0.1) is 0 Å². The van der Waals surface area contributed by atoms with Crippen molar-refractivity contribution < 1.29 is 5.11 Å². The Labute approximate surface area is 116 Å². The van der Waals surface area contributed by atoms with Gasteiger partial charge in [-0.3, -0.25) is 0 Å². The maximum Gasteiger partial charge on any atom is 0.0341 e. The minimum atomic E-state index is 0.0801. The van der Waals surface area contributed by atoms with Gasteiger partial charge in [-0.2, -0.15) is 0 Å². The van der Waals surface area contributed by atoms with E-state index in [1.54, 1.807) is 0 Å². The van der Waals surface area contributed by atoms with E-state index in [1.165, 1.54) is 0 Å². The molecule has 0 saturated heterocycles. The third kappa shape index (κ3) is 2.78. The summed E-state index contributed by atoms with van der Waals surface area (Å²) < 4.78 is 0. The Balaban J connectivity index is 2.21. The van der Waals surface area contributed by atoms with E-state index in [0.717, 1.165) is 17.3 Å². The fourth-order valence-corrected chi connectivity index (χ4v) is 1.99. The molecule has 0 aliphatic rings. The van der Waals surface area contributed by atoms with Gasteiger partial charge < -0.3 is 10.4 Å². The first-order valence-corrected chi connectivity index (χ1v) is 7.08. The standard InChI is InChI=1S/C15H18BrNO/c1-10(2)13(16)9-17-14-8-7-11-5-3-4-6-12(11)15(14)18/h3-8,10,13,17-18H,9H2,1-2H3/p-1. The molecule has 0 aromatic heterocycles. The topological polar surface area (TPSA) is 35.1 Å². The Kier molecular flexibility index (Phi) is 4.12. The SMILES string of the molecule is CC(C)C(Br)CNc1ccc2ccccc2c1[O-]. The molecular formula is C15H17BrNO-. The summed E-state index contributed by atoms with van der Waals surface area (Å²) in [5.41, 5.74) is 0.679. The Bertz CT molecular complexity index is 539. The molecular weight excluding hydrogens is 290 g/mol. The lowest BCUT2D eigenvalue weighted by Gasteiger charge is -2.21. The summed E-state index contributed by atoms with van der Waals surface area (Å²) in [6, 6.07) is 11.5. The van der Waals surface area contributed by atoms with Crippen LogP contribution in [0.15, 0.2) is 36.4 Å². The van der Waals surface area contributed by atoms with Gasteiger partial charge in [0.1, 0.15) is 0 Å². The fraction of sp³-hybridized carbons (Fsp3) is 0.333. The third-order valence-electron chi connectivity index (χ3n) is 3.09. The van der Waals surface area contributed by atoms with Crippen molar-refractivity contribution in [2.45, 2.75) is 18.7 Å². The van der Waals surface area contributed by atoms with Crippen LogP contribution in [0.25, 0.3) is 10.8 Å². The minimum Gasteiger partial charge on any atom is -0.871 e. The van der Waals surface area contributed by atoms with E-state index in [1.807, 2.05) is 36.4 Å². The van der Waals surface area contributed by atoms with Gasteiger partial charge in [-0.15, -0.1) is 0 Å². The van der Waals surface area contributed by atoms with Gasteiger partial charge in [0.25, 0.3) is 0 Å².